The van der Waals surface area contributed by atoms with Crippen LogP contribution >= 0.6 is 22.9 Å². The maximum Gasteiger partial charge on any atom is 0.161 e. The number of rotatable bonds is 5. The Morgan fingerprint density at radius 3 is 2.56 bits per heavy atom. The van der Waals surface area contributed by atoms with Gasteiger partial charge in [-0.2, -0.15) is 0 Å². The minimum Gasteiger partial charge on any atom is -0.493 e. The van der Waals surface area contributed by atoms with E-state index in [0.29, 0.717) is 15.8 Å². The summed E-state index contributed by atoms with van der Waals surface area (Å²) in [6.07, 6.45) is -0.688. The third-order valence-corrected chi connectivity index (χ3v) is 3.72. The Balaban J connectivity index is 1.99. The fraction of sp³-hybridized carbons (Fsp3) is 0.231. The molecule has 3 nitrogen and oxygen atoms in total. The summed E-state index contributed by atoms with van der Waals surface area (Å²) in [6, 6.07) is 10.9. The summed E-state index contributed by atoms with van der Waals surface area (Å²) >= 11 is 7.16. The molecule has 1 N–H and O–H groups in total. The van der Waals surface area contributed by atoms with E-state index in [1.54, 1.807) is 25.3 Å². The van der Waals surface area contributed by atoms with Gasteiger partial charge >= 0.3 is 0 Å². The molecule has 0 bridgehead atoms. The molecular formula is C13H13ClO3S. The summed E-state index contributed by atoms with van der Waals surface area (Å²) in [5.41, 5.74) is 0. The topological polar surface area (TPSA) is 38.7 Å². The smallest absolute Gasteiger partial charge is 0.161 e. The SMILES string of the molecule is COc1ccccc1OCC(O)c1ccc(Cl)s1. The second-order valence-corrected chi connectivity index (χ2v) is 5.37. The minimum absolute atomic E-state index is 0.164. The second-order valence-electron chi connectivity index (χ2n) is 3.62. The first-order chi connectivity index (χ1) is 8.70. The van der Waals surface area contributed by atoms with E-state index in [9.17, 15) is 5.11 Å². The van der Waals surface area contributed by atoms with Gasteiger partial charge in [-0.3, -0.25) is 0 Å². The van der Waals surface area contributed by atoms with Crippen molar-refractivity contribution < 1.29 is 14.6 Å². The van der Waals surface area contributed by atoms with Crippen molar-refractivity contribution in [2.24, 2.45) is 0 Å². The third kappa shape index (κ3) is 3.16. The number of aliphatic hydroxyl groups is 1. The molecule has 1 aromatic carbocycles. The lowest BCUT2D eigenvalue weighted by Crippen LogP contribution is -2.08. The molecule has 0 aliphatic heterocycles. The molecule has 0 spiro atoms. The van der Waals surface area contributed by atoms with Crippen molar-refractivity contribution >= 4 is 22.9 Å². The maximum absolute atomic E-state index is 9.94. The Labute approximate surface area is 115 Å². The number of para-hydroxylation sites is 2. The van der Waals surface area contributed by atoms with Gasteiger partial charge < -0.3 is 14.6 Å². The molecule has 0 saturated carbocycles. The molecule has 0 amide bonds. The Morgan fingerprint density at radius 2 is 1.94 bits per heavy atom. The van der Waals surface area contributed by atoms with Crippen molar-refractivity contribution in [2.75, 3.05) is 13.7 Å². The Kier molecular flexibility index (Phi) is 4.47. The first-order valence-electron chi connectivity index (χ1n) is 5.40. The van der Waals surface area contributed by atoms with Gasteiger partial charge in [0.25, 0.3) is 0 Å². The van der Waals surface area contributed by atoms with Crippen LogP contribution in [-0.2, 0) is 0 Å². The van der Waals surface area contributed by atoms with Gasteiger partial charge in [0.2, 0.25) is 0 Å². The monoisotopic (exact) mass is 284 g/mol. The number of aliphatic hydroxyl groups excluding tert-OH is 1. The van der Waals surface area contributed by atoms with E-state index < -0.39 is 6.10 Å². The highest BCUT2D eigenvalue weighted by molar-refractivity contribution is 7.16. The van der Waals surface area contributed by atoms with E-state index in [2.05, 4.69) is 0 Å². The van der Waals surface area contributed by atoms with E-state index in [4.69, 9.17) is 21.1 Å². The Bertz CT molecular complexity index is 512. The van der Waals surface area contributed by atoms with Crippen molar-refractivity contribution in [3.8, 4) is 11.5 Å². The van der Waals surface area contributed by atoms with Crippen LogP contribution in [0.25, 0.3) is 0 Å². The van der Waals surface area contributed by atoms with Crippen molar-refractivity contribution in [2.45, 2.75) is 6.10 Å². The van der Waals surface area contributed by atoms with Crippen LogP contribution in [0.3, 0.4) is 0 Å². The molecule has 1 atom stereocenters. The Hall–Kier alpha value is -1.23. The number of ether oxygens (including phenoxy) is 2. The summed E-state index contributed by atoms with van der Waals surface area (Å²) in [7, 11) is 1.58. The quantitative estimate of drug-likeness (QED) is 0.913. The average Bonchev–Trinajstić information content (AvgIpc) is 2.83. The number of hydrogen-bond donors (Lipinski definition) is 1. The summed E-state index contributed by atoms with van der Waals surface area (Å²) in [4.78, 5) is 0.787. The van der Waals surface area contributed by atoms with Crippen LogP contribution in [0.4, 0.5) is 0 Å². The van der Waals surface area contributed by atoms with Crippen LogP contribution < -0.4 is 9.47 Å². The fourth-order valence-electron chi connectivity index (χ4n) is 1.50. The van der Waals surface area contributed by atoms with E-state index in [-0.39, 0.29) is 6.61 Å². The molecule has 0 saturated heterocycles. The predicted molar refractivity (Wildman–Crippen MR) is 72.8 cm³/mol. The standard InChI is InChI=1S/C13H13ClO3S/c1-16-10-4-2-3-5-11(10)17-8-9(15)12-6-7-13(14)18-12/h2-7,9,15H,8H2,1H3. The van der Waals surface area contributed by atoms with Crippen molar-refractivity contribution in [3.05, 3.63) is 45.6 Å². The molecule has 0 fully saturated rings. The molecule has 1 heterocycles. The molecule has 18 heavy (non-hydrogen) atoms. The van der Waals surface area contributed by atoms with E-state index in [1.807, 2.05) is 18.2 Å². The van der Waals surface area contributed by atoms with Crippen molar-refractivity contribution in [1.82, 2.24) is 0 Å². The molecule has 0 aliphatic rings. The number of hydrogen-bond acceptors (Lipinski definition) is 4. The first-order valence-corrected chi connectivity index (χ1v) is 6.59. The summed E-state index contributed by atoms with van der Waals surface area (Å²) < 4.78 is 11.4. The highest BCUT2D eigenvalue weighted by Gasteiger charge is 2.12. The van der Waals surface area contributed by atoms with Crippen LogP contribution in [0.2, 0.25) is 4.34 Å². The molecule has 0 aliphatic carbocycles. The molecular weight excluding hydrogens is 272 g/mol. The molecule has 1 aromatic heterocycles. The van der Waals surface area contributed by atoms with Crippen LogP contribution in [0.15, 0.2) is 36.4 Å². The minimum atomic E-state index is -0.688. The van der Waals surface area contributed by atoms with Gasteiger partial charge in [0.1, 0.15) is 12.7 Å². The Morgan fingerprint density at radius 1 is 1.22 bits per heavy atom. The molecule has 5 heteroatoms. The fourth-order valence-corrected chi connectivity index (χ4v) is 2.53. The van der Waals surface area contributed by atoms with Crippen LogP contribution in [0, 0.1) is 0 Å². The van der Waals surface area contributed by atoms with Gasteiger partial charge in [0.05, 0.1) is 11.4 Å². The van der Waals surface area contributed by atoms with Gasteiger partial charge in [-0.1, -0.05) is 23.7 Å². The zero-order valence-electron chi connectivity index (χ0n) is 9.80. The summed E-state index contributed by atoms with van der Waals surface area (Å²) in [5, 5.41) is 9.94. The average molecular weight is 285 g/mol. The molecule has 96 valence electrons. The zero-order chi connectivity index (χ0) is 13.0. The number of methoxy groups -OCH3 is 1. The highest BCUT2D eigenvalue weighted by atomic mass is 35.5. The van der Waals surface area contributed by atoms with Crippen molar-refractivity contribution in [1.29, 1.82) is 0 Å². The number of benzene rings is 1. The van der Waals surface area contributed by atoms with Crippen LogP contribution in [-0.4, -0.2) is 18.8 Å². The van der Waals surface area contributed by atoms with Gasteiger partial charge in [-0.25, -0.2) is 0 Å². The molecule has 2 rings (SSSR count). The largest absolute Gasteiger partial charge is 0.493 e. The lowest BCUT2D eigenvalue weighted by molar-refractivity contribution is 0.109. The lowest BCUT2D eigenvalue weighted by atomic mass is 10.3. The highest BCUT2D eigenvalue weighted by Crippen LogP contribution is 2.30. The van der Waals surface area contributed by atoms with Crippen LogP contribution in [0.1, 0.15) is 11.0 Å². The van der Waals surface area contributed by atoms with Gasteiger partial charge in [0.15, 0.2) is 11.5 Å². The van der Waals surface area contributed by atoms with Gasteiger partial charge in [0, 0.05) is 4.88 Å². The number of halogens is 1. The summed E-state index contributed by atoms with van der Waals surface area (Å²) in [6.45, 7) is 0.164. The van der Waals surface area contributed by atoms with Gasteiger partial charge in [-0.15, -0.1) is 11.3 Å². The van der Waals surface area contributed by atoms with E-state index >= 15 is 0 Å². The zero-order valence-corrected chi connectivity index (χ0v) is 11.4. The van der Waals surface area contributed by atoms with Crippen molar-refractivity contribution in [3.63, 3.8) is 0 Å². The molecule has 2 aromatic rings. The number of thiophene rings is 1. The second kappa shape index (κ2) is 6.09. The van der Waals surface area contributed by atoms with Gasteiger partial charge in [-0.05, 0) is 24.3 Å². The third-order valence-electron chi connectivity index (χ3n) is 2.39. The first kappa shape index (κ1) is 13.2. The van der Waals surface area contributed by atoms with E-state index in [1.165, 1.54) is 11.3 Å². The van der Waals surface area contributed by atoms with E-state index in [0.717, 1.165) is 4.88 Å². The van der Waals surface area contributed by atoms with Crippen LogP contribution in [0.5, 0.6) is 11.5 Å². The maximum atomic E-state index is 9.94. The predicted octanol–water partition coefficient (Wildman–Crippen LogP) is 3.52. The lowest BCUT2D eigenvalue weighted by Gasteiger charge is -2.13. The normalized spacial score (nSPS) is 12.2. The summed E-state index contributed by atoms with van der Waals surface area (Å²) in [5.74, 6) is 1.26. The molecule has 0 radical (unpaired) electrons. The molecule has 1 unspecified atom stereocenters.